The molecular formula is C23H30N4O2. The molecule has 6 heteroatoms. The first-order valence-electron chi connectivity index (χ1n) is 10.9. The van der Waals surface area contributed by atoms with Gasteiger partial charge in [0.2, 0.25) is 5.91 Å². The molecule has 6 nitrogen and oxygen atoms in total. The van der Waals surface area contributed by atoms with Crippen LogP contribution in [0.5, 0.6) is 0 Å². The van der Waals surface area contributed by atoms with Gasteiger partial charge in [0, 0.05) is 30.7 Å². The van der Waals surface area contributed by atoms with Crippen LogP contribution in [0, 0.1) is 0 Å². The third-order valence-electron chi connectivity index (χ3n) is 6.17. The molecule has 154 valence electrons. The van der Waals surface area contributed by atoms with Gasteiger partial charge in [0.05, 0.1) is 12.7 Å². The highest BCUT2D eigenvalue weighted by Crippen LogP contribution is 2.30. The molecule has 0 saturated heterocycles. The second-order valence-corrected chi connectivity index (χ2v) is 8.21. The second-order valence-electron chi connectivity index (χ2n) is 8.21. The lowest BCUT2D eigenvalue weighted by molar-refractivity contribution is -0.128. The fourth-order valence-corrected chi connectivity index (χ4v) is 4.58. The molecule has 0 spiro atoms. The summed E-state index contributed by atoms with van der Waals surface area (Å²) in [4.78, 5) is 32.2. The van der Waals surface area contributed by atoms with Crippen molar-refractivity contribution in [1.29, 1.82) is 0 Å². The lowest BCUT2D eigenvalue weighted by Gasteiger charge is -2.26. The Labute approximate surface area is 172 Å². The van der Waals surface area contributed by atoms with Crippen LogP contribution < -0.4 is 10.2 Å². The highest BCUT2D eigenvalue weighted by atomic mass is 16.2. The minimum Gasteiger partial charge on any atom is -0.353 e. The molecule has 2 aliphatic rings. The number of para-hydroxylation sites is 1. The number of aromatic nitrogens is 2. The van der Waals surface area contributed by atoms with Crippen LogP contribution in [0.25, 0.3) is 0 Å². The predicted molar refractivity (Wildman–Crippen MR) is 113 cm³/mol. The number of nitrogens with one attached hydrogen (secondary N) is 1. The summed E-state index contributed by atoms with van der Waals surface area (Å²) >= 11 is 0. The van der Waals surface area contributed by atoms with Gasteiger partial charge in [-0.15, -0.1) is 0 Å². The average Bonchev–Trinajstić information content (AvgIpc) is 3.37. The number of carbonyl (C=O) groups excluding carboxylic acids is 2. The van der Waals surface area contributed by atoms with Gasteiger partial charge < -0.3 is 14.8 Å². The minimum atomic E-state index is -0.572. The third kappa shape index (κ3) is 4.69. The van der Waals surface area contributed by atoms with Crippen LogP contribution in [0.1, 0.15) is 63.0 Å². The van der Waals surface area contributed by atoms with E-state index in [1.807, 2.05) is 23.1 Å². The smallest absolute Gasteiger partial charge is 0.250 e. The summed E-state index contributed by atoms with van der Waals surface area (Å²) in [5.41, 5.74) is 2.15. The minimum absolute atomic E-state index is 0.0410. The summed E-state index contributed by atoms with van der Waals surface area (Å²) in [6.07, 6.45) is 14.3. The van der Waals surface area contributed by atoms with Crippen LogP contribution in [-0.4, -0.2) is 34.0 Å². The van der Waals surface area contributed by atoms with Gasteiger partial charge in [0.1, 0.15) is 6.04 Å². The van der Waals surface area contributed by atoms with Gasteiger partial charge in [-0.2, -0.15) is 0 Å². The maximum Gasteiger partial charge on any atom is 0.250 e. The van der Waals surface area contributed by atoms with Crippen molar-refractivity contribution in [3.63, 3.8) is 0 Å². The van der Waals surface area contributed by atoms with Crippen molar-refractivity contribution in [2.75, 3.05) is 11.4 Å². The van der Waals surface area contributed by atoms with Gasteiger partial charge in [0.25, 0.3) is 5.91 Å². The lowest BCUT2D eigenvalue weighted by Crippen LogP contribution is -2.41. The molecule has 1 saturated carbocycles. The quantitative estimate of drug-likeness (QED) is 0.842. The molecular weight excluding hydrogens is 364 g/mol. The monoisotopic (exact) mass is 394 g/mol. The van der Waals surface area contributed by atoms with E-state index in [1.165, 1.54) is 37.7 Å². The summed E-state index contributed by atoms with van der Waals surface area (Å²) < 4.78 is 1.76. The van der Waals surface area contributed by atoms with E-state index in [2.05, 4.69) is 16.4 Å². The van der Waals surface area contributed by atoms with E-state index in [1.54, 1.807) is 23.3 Å². The van der Waals surface area contributed by atoms with Crippen LogP contribution in [0.15, 0.2) is 43.0 Å². The second kappa shape index (κ2) is 9.25. The van der Waals surface area contributed by atoms with Crippen molar-refractivity contribution in [3.05, 3.63) is 48.5 Å². The topological polar surface area (TPSA) is 67.2 Å². The number of amides is 2. The van der Waals surface area contributed by atoms with Gasteiger partial charge in [-0.05, 0) is 30.9 Å². The van der Waals surface area contributed by atoms with E-state index in [0.717, 1.165) is 24.9 Å². The zero-order valence-electron chi connectivity index (χ0n) is 16.9. The molecule has 1 atom stereocenters. The predicted octanol–water partition coefficient (Wildman–Crippen LogP) is 3.63. The molecule has 2 heterocycles. The molecule has 1 fully saturated rings. The maximum atomic E-state index is 13.4. The van der Waals surface area contributed by atoms with Crippen LogP contribution in [0.4, 0.5) is 5.69 Å². The molecule has 1 unspecified atom stereocenters. The number of anilines is 1. The van der Waals surface area contributed by atoms with E-state index < -0.39 is 6.04 Å². The van der Waals surface area contributed by atoms with Gasteiger partial charge in [-0.1, -0.05) is 50.3 Å². The van der Waals surface area contributed by atoms with Crippen molar-refractivity contribution in [1.82, 2.24) is 14.9 Å². The number of fused-ring (bicyclic) bond motifs is 1. The number of carbonyl (C=O) groups is 2. The number of nitrogens with zero attached hydrogens (tertiary/aromatic N) is 3. The number of imidazole rings is 1. The largest absolute Gasteiger partial charge is 0.353 e. The maximum absolute atomic E-state index is 13.4. The van der Waals surface area contributed by atoms with E-state index in [4.69, 9.17) is 0 Å². The molecule has 1 aromatic carbocycles. The Balaban J connectivity index is 1.46. The standard InChI is InChI=1S/C23H30N4O2/c28-22(25-19-9-4-2-1-3-5-10-19)16-21(26-15-13-24-17-26)23(29)27-14-12-18-8-6-7-11-20(18)27/h6-8,11,13,15,17,19,21H,1-5,9-10,12,14,16H2,(H,25,28). The van der Waals surface area contributed by atoms with E-state index in [9.17, 15) is 9.59 Å². The number of rotatable bonds is 5. The zero-order chi connectivity index (χ0) is 20.1. The highest BCUT2D eigenvalue weighted by molar-refractivity contribution is 6.00. The number of hydrogen-bond acceptors (Lipinski definition) is 3. The highest BCUT2D eigenvalue weighted by Gasteiger charge is 2.32. The van der Waals surface area contributed by atoms with Crippen LogP contribution >= 0.6 is 0 Å². The summed E-state index contributed by atoms with van der Waals surface area (Å²) in [5, 5.41) is 3.20. The zero-order valence-corrected chi connectivity index (χ0v) is 16.9. The molecule has 1 N–H and O–H groups in total. The van der Waals surface area contributed by atoms with E-state index in [-0.39, 0.29) is 24.3 Å². The van der Waals surface area contributed by atoms with Gasteiger partial charge in [-0.3, -0.25) is 9.59 Å². The summed E-state index contributed by atoms with van der Waals surface area (Å²) in [6.45, 7) is 0.660. The first-order valence-corrected chi connectivity index (χ1v) is 10.9. The Morgan fingerprint density at radius 1 is 1.10 bits per heavy atom. The van der Waals surface area contributed by atoms with Crippen molar-refractivity contribution in [2.24, 2.45) is 0 Å². The summed E-state index contributed by atoms with van der Waals surface area (Å²) in [5.74, 6) is -0.0872. The first-order chi connectivity index (χ1) is 14.2. The van der Waals surface area contributed by atoms with E-state index >= 15 is 0 Å². The Bertz CT molecular complexity index is 825. The average molecular weight is 395 g/mol. The fourth-order valence-electron chi connectivity index (χ4n) is 4.58. The first kappa shape index (κ1) is 19.7. The van der Waals surface area contributed by atoms with Crippen LogP contribution in [0.3, 0.4) is 0 Å². The molecule has 4 rings (SSSR count). The molecule has 2 amide bonds. The van der Waals surface area contributed by atoms with Gasteiger partial charge in [0.15, 0.2) is 0 Å². The van der Waals surface area contributed by atoms with E-state index in [0.29, 0.717) is 6.54 Å². The normalized spacial score (nSPS) is 18.6. The molecule has 1 aromatic heterocycles. The Morgan fingerprint density at radius 2 is 1.86 bits per heavy atom. The molecule has 0 bridgehead atoms. The van der Waals surface area contributed by atoms with Crippen LogP contribution in [0.2, 0.25) is 0 Å². The number of hydrogen-bond donors (Lipinski definition) is 1. The number of benzene rings is 1. The molecule has 2 aromatic rings. The van der Waals surface area contributed by atoms with Crippen LogP contribution in [-0.2, 0) is 16.0 Å². The Kier molecular flexibility index (Phi) is 6.27. The Hall–Kier alpha value is -2.63. The van der Waals surface area contributed by atoms with Gasteiger partial charge >= 0.3 is 0 Å². The fraction of sp³-hybridized carbons (Fsp3) is 0.522. The summed E-state index contributed by atoms with van der Waals surface area (Å²) in [6, 6.07) is 7.67. The van der Waals surface area contributed by atoms with Crippen molar-refractivity contribution in [2.45, 2.75) is 69.9 Å². The van der Waals surface area contributed by atoms with Gasteiger partial charge in [-0.25, -0.2) is 4.98 Å². The molecule has 0 radical (unpaired) electrons. The van der Waals surface area contributed by atoms with Crippen molar-refractivity contribution in [3.8, 4) is 0 Å². The van der Waals surface area contributed by atoms with Crippen molar-refractivity contribution < 1.29 is 9.59 Å². The molecule has 29 heavy (non-hydrogen) atoms. The lowest BCUT2D eigenvalue weighted by atomic mass is 9.96. The Morgan fingerprint density at radius 3 is 2.62 bits per heavy atom. The molecule has 1 aliphatic heterocycles. The molecule has 1 aliphatic carbocycles. The third-order valence-corrected chi connectivity index (χ3v) is 6.17. The SMILES string of the molecule is O=C(CC(C(=O)N1CCc2ccccc21)n1ccnc1)NC1CCCCCCC1. The summed E-state index contributed by atoms with van der Waals surface area (Å²) in [7, 11) is 0. The van der Waals surface area contributed by atoms with Crippen molar-refractivity contribution >= 4 is 17.5 Å².